The predicted octanol–water partition coefficient (Wildman–Crippen LogP) is 2.00. The molecule has 0 radical (unpaired) electrons. The molecule has 1 atom stereocenters. The number of likely N-dealkylation sites (tertiary alicyclic amines) is 1. The van der Waals surface area contributed by atoms with Crippen LogP contribution in [-0.4, -0.2) is 44.2 Å². The molecule has 1 unspecified atom stereocenters. The maximum atomic E-state index is 5.53. The molecule has 2 aliphatic heterocycles. The van der Waals surface area contributed by atoms with Crippen LogP contribution < -0.4 is 5.32 Å². The SMILES string of the molecule is CN1CCC(CCNCC2CCC=CO2)CC1. The van der Waals surface area contributed by atoms with E-state index in [0.29, 0.717) is 6.10 Å². The number of nitrogens with zero attached hydrogens (tertiary/aromatic N) is 1. The van der Waals surface area contributed by atoms with E-state index in [-0.39, 0.29) is 0 Å². The topological polar surface area (TPSA) is 24.5 Å². The highest BCUT2D eigenvalue weighted by molar-refractivity contribution is 4.83. The Labute approximate surface area is 105 Å². The molecule has 0 amide bonds. The largest absolute Gasteiger partial charge is 0.497 e. The van der Waals surface area contributed by atoms with Crippen molar-refractivity contribution in [3.05, 3.63) is 12.3 Å². The maximum absolute atomic E-state index is 5.53. The van der Waals surface area contributed by atoms with Gasteiger partial charge in [-0.3, -0.25) is 0 Å². The fourth-order valence-electron chi connectivity index (χ4n) is 2.66. The first-order valence-corrected chi connectivity index (χ1v) is 7.04. The van der Waals surface area contributed by atoms with Gasteiger partial charge in [-0.2, -0.15) is 0 Å². The minimum atomic E-state index is 0.400. The molecule has 1 saturated heterocycles. The van der Waals surface area contributed by atoms with Gasteiger partial charge in [-0.1, -0.05) is 0 Å². The highest BCUT2D eigenvalue weighted by Crippen LogP contribution is 2.18. The van der Waals surface area contributed by atoms with Crippen LogP contribution in [-0.2, 0) is 4.74 Å². The van der Waals surface area contributed by atoms with E-state index in [2.05, 4.69) is 23.3 Å². The number of rotatable bonds is 5. The highest BCUT2D eigenvalue weighted by Gasteiger charge is 2.16. The van der Waals surface area contributed by atoms with Crippen molar-refractivity contribution in [1.82, 2.24) is 10.2 Å². The number of piperidine rings is 1. The van der Waals surface area contributed by atoms with Crippen molar-refractivity contribution < 1.29 is 4.74 Å². The summed E-state index contributed by atoms with van der Waals surface area (Å²) in [5.74, 6) is 0.936. The summed E-state index contributed by atoms with van der Waals surface area (Å²) in [5.41, 5.74) is 0. The Bertz CT molecular complexity index is 234. The van der Waals surface area contributed by atoms with Gasteiger partial charge in [0, 0.05) is 6.54 Å². The van der Waals surface area contributed by atoms with Gasteiger partial charge in [0.2, 0.25) is 0 Å². The van der Waals surface area contributed by atoms with Gasteiger partial charge in [-0.15, -0.1) is 0 Å². The second-order valence-corrected chi connectivity index (χ2v) is 5.45. The van der Waals surface area contributed by atoms with Crippen LogP contribution in [0.25, 0.3) is 0 Å². The Hall–Kier alpha value is -0.540. The van der Waals surface area contributed by atoms with Crippen LogP contribution in [0.3, 0.4) is 0 Å². The zero-order chi connectivity index (χ0) is 11.9. The van der Waals surface area contributed by atoms with E-state index in [1.54, 1.807) is 0 Å². The smallest absolute Gasteiger partial charge is 0.110 e. The minimum Gasteiger partial charge on any atom is -0.497 e. The van der Waals surface area contributed by atoms with Gasteiger partial charge in [-0.05, 0) is 70.8 Å². The summed E-state index contributed by atoms with van der Waals surface area (Å²) in [4.78, 5) is 2.44. The summed E-state index contributed by atoms with van der Waals surface area (Å²) < 4.78 is 5.53. The van der Waals surface area contributed by atoms with Crippen LogP contribution in [0, 0.1) is 5.92 Å². The molecule has 2 heterocycles. The normalized spacial score (nSPS) is 27.0. The molecule has 0 bridgehead atoms. The van der Waals surface area contributed by atoms with Crippen LogP contribution in [0.2, 0.25) is 0 Å². The first-order chi connectivity index (χ1) is 8.34. The third kappa shape index (κ3) is 4.68. The fraction of sp³-hybridized carbons (Fsp3) is 0.857. The lowest BCUT2D eigenvalue weighted by Crippen LogP contribution is -2.33. The van der Waals surface area contributed by atoms with Gasteiger partial charge in [0.1, 0.15) is 6.10 Å². The van der Waals surface area contributed by atoms with Crippen molar-refractivity contribution in [2.75, 3.05) is 33.2 Å². The molecule has 0 spiro atoms. The molecule has 0 saturated carbocycles. The van der Waals surface area contributed by atoms with Crippen LogP contribution >= 0.6 is 0 Å². The summed E-state index contributed by atoms with van der Waals surface area (Å²) >= 11 is 0. The minimum absolute atomic E-state index is 0.400. The van der Waals surface area contributed by atoms with Crippen molar-refractivity contribution >= 4 is 0 Å². The molecule has 98 valence electrons. The quantitative estimate of drug-likeness (QED) is 0.741. The first kappa shape index (κ1) is 12.9. The van der Waals surface area contributed by atoms with Crippen molar-refractivity contribution in [2.45, 2.75) is 38.2 Å². The van der Waals surface area contributed by atoms with Crippen LogP contribution in [0.1, 0.15) is 32.1 Å². The van der Waals surface area contributed by atoms with Gasteiger partial charge in [0.25, 0.3) is 0 Å². The molecule has 3 nitrogen and oxygen atoms in total. The van der Waals surface area contributed by atoms with Gasteiger partial charge in [0.15, 0.2) is 0 Å². The molecular formula is C14H26N2O. The lowest BCUT2D eigenvalue weighted by Gasteiger charge is -2.29. The van der Waals surface area contributed by atoms with Crippen LogP contribution in [0.5, 0.6) is 0 Å². The predicted molar refractivity (Wildman–Crippen MR) is 71.0 cm³/mol. The first-order valence-electron chi connectivity index (χ1n) is 7.04. The Morgan fingerprint density at radius 3 is 2.82 bits per heavy atom. The number of hydrogen-bond acceptors (Lipinski definition) is 3. The van der Waals surface area contributed by atoms with Gasteiger partial charge in [-0.25, -0.2) is 0 Å². The number of hydrogen-bond donors (Lipinski definition) is 1. The standard InChI is InChI=1S/C14H26N2O/c1-16-9-6-13(7-10-16)5-8-15-12-14-4-2-3-11-17-14/h3,11,13-15H,2,4-10,12H2,1H3. The zero-order valence-electron chi connectivity index (χ0n) is 11.0. The van der Waals surface area contributed by atoms with E-state index >= 15 is 0 Å². The Kier molecular flexibility index (Phi) is 5.33. The van der Waals surface area contributed by atoms with E-state index in [0.717, 1.165) is 25.4 Å². The van der Waals surface area contributed by atoms with Crippen molar-refractivity contribution in [2.24, 2.45) is 5.92 Å². The summed E-state index contributed by atoms with van der Waals surface area (Å²) in [6, 6.07) is 0. The van der Waals surface area contributed by atoms with E-state index in [4.69, 9.17) is 4.74 Å². The van der Waals surface area contributed by atoms with E-state index in [9.17, 15) is 0 Å². The highest BCUT2D eigenvalue weighted by atomic mass is 16.5. The Balaban J connectivity index is 1.50. The summed E-state index contributed by atoms with van der Waals surface area (Å²) in [6.07, 6.45) is 10.8. The monoisotopic (exact) mass is 238 g/mol. The third-order valence-electron chi connectivity index (χ3n) is 3.96. The lowest BCUT2D eigenvalue weighted by atomic mass is 9.94. The molecule has 3 heteroatoms. The van der Waals surface area contributed by atoms with Gasteiger partial charge in [0.05, 0.1) is 6.26 Å². The summed E-state index contributed by atoms with van der Waals surface area (Å²) in [6.45, 7) is 4.72. The molecule has 0 aliphatic carbocycles. The van der Waals surface area contributed by atoms with Crippen LogP contribution in [0.15, 0.2) is 12.3 Å². The van der Waals surface area contributed by atoms with Crippen LogP contribution in [0.4, 0.5) is 0 Å². The van der Waals surface area contributed by atoms with Gasteiger partial charge >= 0.3 is 0 Å². The van der Waals surface area contributed by atoms with Crippen molar-refractivity contribution in [3.63, 3.8) is 0 Å². The molecule has 1 fully saturated rings. The van der Waals surface area contributed by atoms with E-state index < -0.39 is 0 Å². The average Bonchev–Trinajstić information content (AvgIpc) is 2.38. The summed E-state index contributed by atoms with van der Waals surface area (Å²) in [5, 5.41) is 3.54. The Morgan fingerprint density at radius 2 is 2.12 bits per heavy atom. The second-order valence-electron chi connectivity index (χ2n) is 5.45. The molecule has 0 aromatic rings. The zero-order valence-corrected chi connectivity index (χ0v) is 11.0. The lowest BCUT2D eigenvalue weighted by molar-refractivity contribution is 0.121. The number of nitrogens with one attached hydrogen (secondary N) is 1. The van der Waals surface area contributed by atoms with E-state index in [1.165, 1.54) is 38.8 Å². The fourth-order valence-corrected chi connectivity index (χ4v) is 2.66. The van der Waals surface area contributed by atoms with Crippen molar-refractivity contribution in [1.29, 1.82) is 0 Å². The third-order valence-corrected chi connectivity index (χ3v) is 3.96. The molecule has 0 aromatic carbocycles. The van der Waals surface area contributed by atoms with Gasteiger partial charge < -0.3 is 15.0 Å². The van der Waals surface area contributed by atoms with Crippen molar-refractivity contribution in [3.8, 4) is 0 Å². The Morgan fingerprint density at radius 1 is 1.29 bits per heavy atom. The molecule has 2 rings (SSSR count). The maximum Gasteiger partial charge on any atom is 0.110 e. The molecule has 2 aliphatic rings. The number of ether oxygens (including phenoxy) is 1. The molecule has 0 aromatic heterocycles. The second kappa shape index (κ2) is 7.02. The summed E-state index contributed by atoms with van der Waals surface area (Å²) in [7, 11) is 2.22. The molecule has 1 N–H and O–H groups in total. The molecular weight excluding hydrogens is 212 g/mol. The molecule has 17 heavy (non-hydrogen) atoms. The average molecular weight is 238 g/mol. The number of allylic oxidation sites excluding steroid dienone is 1. The van der Waals surface area contributed by atoms with E-state index in [1.807, 2.05) is 6.26 Å².